The van der Waals surface area contributed by atoms with E-state index in [1.807, 2.05) is 37.3 Å². The van der Waals surface area contributed by atoms with Gasteiger partial charge < -0.3 is 9.73 Å². The Labute approximate surface area is 157 Å². The van der Waals surface area contributed by atoms with Crippen molar-refractivity contribution in [2.24, 2.45) is 0 Å². The first-order valence-corrected chi connectivity index (χ1v) is 9.93. The van der Waals surface area contributed by atoms with E-state index in [-0.39, 0.29) is 23.9 Å². The van der Waals surface area contributed by atoms with Gasteiger partial charge in [0.05, 0.1) is 4.90 Å². The van der Waals surface area contributed by atoms with Gasteiger partial charge >= 0.3 is 0 Å². The number of carbonyl (C=O) groups excluding carboxylic acids is 1. The van der Waals surface area contributed by atoms with Crippen LogP contribution >= 0.6 is 0 Å². The number of amides is 1. The molecule has 0 aliphatic rings. The minimum absolute atomic E-state index is 0.0976. The number of sulfonamides is 1. The fourth-order valence-corrected chi connectivity index (χ4v) is 3.50. The van der Waals surface area contributed by atoms with Crippen LogP contribution in [0.5, 0.6) is 0 Å². The second-order valence-electron chi connectivity index (χ2n) is 6.02. The Bertz CT molecular complexity index is 1030. The largest absolute Gasteiger partial charge is 0.457 e. The molecule has 0 bridgehead atoms. The van der Waals surface area contributed by atoms with Gasteiger partial charge in [0.1, 0.15) is 11.3 Å². The number of benzene rings is 2. The smallest absolute Gasteiger partial charge is 0.244 e. The molecule has 3 aromatic rings. The highest BCUT2D eigenvalue weighted by Crippen LogP contribution is 2.19. The van der Waals surface area contributed by atoms with Crippen LogP contribution in [0.3, 0.4) is 0 Å². The van der Waals surface area contributed by atoms with Crippen LogP contribution in [-0.2, 0) is 14.8 Å². The summed E-state index contributed by atoms with van der Waals surface area (Å²) in [7, 11) is -3.58. The first kappa shape index (κ1) is 18.9. The van der Waals surface area contributed by atoms with E-state index in [0.29, 0.717) is 5.76 Å². The number of furan rings is 1. The Balaban J connectivity index is 1.47. The molecular formula is C20H20N2O4S. The molecule has 0 saturated heterocycles. The fourth-order valence-electron chi connectivity index (χ4n) is 2.47. The zero-order chi connectivity index (χ0) is 19.3. The van der Waals surface area contributed by atoms with Crippen LogP contribution in [0.15, 0.2) is 70.0 Å². The van der Waals surface area contributed by atoms with E-state index >= 15 is 0 Å². The number of nitrogens with one attached hydrogen (secondary N) is 2. The van der Waals surface area contributed by atoms with Crippen molar-refractivity contribution in [2.75, 3.05) is 13.1 Å². The third kappa shape index (κ3) is 5.06. The number of carbonyl (C=O) groups is 1. The molecule has 6 nitrogen and oxygen atoms in total. The van der Waals surface area contributed by atoms with E-state index in [1.54, 1.807) is 30.3 Å². The summed E-state index contributed by atoms with van der Waals surface area (Å²) in [5, 5.41) is 3.59. The highest BCUT2D eigenvalue weighted by molar-refractivity contribution is 7.89. The minimum atomic E-state index is -3.58. The topological polar surface area (TPSA) is 88.4 Å². The molecule has 0 unspecified atom stereocenters. The maximum Gasteiger partial charge on any atom is 0.244 e. The van der Waals surface area contributed by atoms with E-state index in [4.69, 9.17) is 4.42 Å². The summed E-state index contributed by atoms with van der Waals surface area (Å²) in [4.78, 5) is 12.0. The molecule has 140 valence electrons. The average Bonchev–Trinajstić information content (AvgIpc) is 3.07. The number of rotatable bonds is 7. The molecule has 1 heterocycles. The minimum Gasteiger partial charge on any atom is -0.457 e. The first-order chi connectivity index (χ1) is 12.9. The summed E-state index contributed by atoms with van der Waals surface area (Å²) in [6, 6.07) is 16.0. The average molecular weight is 384 g/mol. The molecule has 7 heteroatoms. The van der Waals surface area contributed by atoms with Crippen LogP contribution in [0.4, 0.5) is 0 Å². The van der Waals surface area contributed by atoms with Gasteiger partial charge in [0.15, 0.2) is 0 Å². The monoisotopic (exact) mass is 384 g/mol. The molecule has 3 rings (SSSR count). The maximum absolute atomic E-state index is 12.1. The molecular weight excluding hydrogens is 364 g/mol. The Hall–Kier alpha value is -2.90. The highest BCUT2D eigenvalue weighted by Gasteiger charge is 2.12. The molecule has 0 radical (unpaired) electrons. The van der Waals surface area contributed by atoms with Crippen LogP contribution in [0.2, 0.25) is 0 Å². The van der Waals surface area contributed by atoms with E-state index in [1.165, 1.54) is 6.08 Å². The lowest BCUT2D eigenvalue weighted by molar-refractivity contribution is -0.116. The van der Waals surface area contributed by atoms with Gasteiger partial charge in [-0.3, -0.25) is 4.79 Å². The summed E-state index contributed by atoms with van der Waals surface area (Å²) in [5.41, 5.74) is 1.74. The number of para-hydroxylation sites is 1. The molecule has 2 N–H and O–H groups in total. The predicted octanol–water partition coefficient (Wildman–Crippen LogP) is 2.85. The van der Waals surface area contributed by atoms with Crippen LogP contribution in [0, 0.1) is 6.92 Å². The SMILES string of the molecule is Cc1ccc(S(=O)(=O)NCCNC(=O)/C=C/c2cc3ccccc3o2)cc1. The summed E-state index contributed by atoms with van der Waals surface area (Å²) in [6.45, 7) is 2.16. The fraction of sp³-hybridized carbons (Fsp3) is 0.150. The van der Waals surface area contributed by atoms with E-state index < -0.39 is 10.0 Å². The maximum atomic E-state index is 12.1. The molecule has 0 saturated carbocycles. The first-order valence-electron chi connectivity index (χ1n) is 8.45. The summed E-state index contributed by atoms with van der Waals surface area (Å²) < 4.78 is 32.3. The van der Waals surface area contributed by atoms with Crippen molar-refractivity contribution < 1.29 is 17.6 Å². The van der Waals surface area contributed by atoms with Crippen LogP contribution < -0.4 is 10.0 Å². The van der Waals surface area contributed by atoms with Gasteiger partial charge in [0.2, 0.25) is 15.9 Å². The molecule has 0 aliphatic carbocycles. The van der Waals surface area contributed by atoms with Crippen LogP contribution in [0.25, 0.3) is 17.0 Å². The summed E-state index contributed by atoms with van der Waals surface area (Å²) in [6.07, 6.45) is 2.93. The van der Waals surface area contributed by atoms with E-state index in [9.17, 15) is 13.2 Å². The number of fused-ring (bicyclic) bond motifs is 1. The van der Waals surface area contributed by atoms with Crippen molar-refractivity contribution in [1.82, 2.24) is 10.0 Å². The zero-order valence-corrected chi connectivity index (χ0v) is 15.6. The standard InChI is InChI=1S/C20H20N2O4S/c1-15-6-9-18(10-7-15)27(24,25)22-13-12-21-20(23)11-8-17-14-16-4-2-3-5-19(16)26-17/h2-11,14,22H,12-13H2,1H3,(H,21,23)/b11-8+. The Morgan fingerprint density at radius 1 is 1.07 bits per heavy atom. The molecule has 0 fully saturated rings. The number of hydrogen-bond donors (Lipinski definition) is 2. The van der Waals surface area contributed by atoms with Gasteiger partial charge in [-0.15, -0.1) is 0 Å². The second-order valence-corrected chi connectivity index (χ2v) is 7.79. The normalized spacial score (nSPS) is 11.9. The van der Waals surface area contributed by atoms with Gasteiger partial charge in [-0.2, -0.15) is 0 Å². The van der Waals surface area contributed by atoms with Crippen molar-refractivity contribution in [3.8, 4) is 0 Å². The van der Waals surface area contributed by atoms with Gasteiger partial charge in [0.25, 0.3) is 0 Å². The van der Waals surface area contributed by atoms with Crippen molar-refractivity contribution in [2.45, 2.75) is 11.8 Å². The highest BCUT2D eigenvalue weighted by atomic mass is 32.2. The third-order valence-electron chi connectivity index (χ3n) is 3.89. The van der Waals surface area contributed by atoms with Gasteiger partial charge in [-0.1, -0.05) is 35.9 Å². The Morgan fingerprint density at radius 2 is 1.81 bits per heavy atom. The van der Waals surface area contributed by atoms with E-state index in [0.717, 1.165) is 16.5 Å². The molecule has 2 aromatic carbocycles. The van der Waals surface area contributed by atoms with Crippen molar-refractivity contribution in [1.29, 1.82) is 0 Å². The van der Waals surface area contributed by atoms with Gasteiger partial charge in [-0.05, 0) is 37.3 Å². The van der Waals surface area contributed by atoms with Crippen molar-refractivity contribution in [3.05, 3.63) is 72.0 Å². The Kier molecular flexibility index (Phi) is 5.73. The molecule has 27 heavy (non-hydrogen) atoms. The third-order valence-corrected chi connectivity index (χ3v) is 5.37. The summed E-state index contributed by atoms with van der Waals surface area (Å²) >= 11 is 0. The van der Waals surface area contributed by atoms with Crippen LogP contribution in [-0.4, -0.2) is 27.4 Å². The lowest BCUT2D eigenvalue weighted by atomic mass is 10.2. The number of aryl methyl sites for hydroxylation is 1. The zero-order valence-electron chi connectivity index (χ0n) is 14.8. The molecule has 0 atom stereocenters. The summed E-state index contributed by atoms with van der Waals surface area (Å²) in [5.74, 6) is 0.247. The van der Waals surface area contributed by atoms with Crippen molar-refractivity contribution in [3.63, 3.8) is 0 Å². The number of hydrogen-bond acceptors (Lipinski definition) is 4. The lowest BCUT2D eigenvalue weighted by Crippen LogP contribution is -2.34. The second kappa shape index (κ2) is 8.20. The Morgan fingerprint density at radius 3 is 2.56 bits per heavy atom. The molecule has 1 aromatic heterocycles. The van der Waals surface area contributed by atoms with Crippen molar-refractivity contribution >= 4 is 33.0 Å². The van der Waals surface area contributed by atoms with Crippen LogP contribution in [0.1, 0.15) is 11.3 Å². The predicted molar refractivity (Wildman–Crippen MR) is 105 cm³/mol. The molecule has 1 amide bonds. The van der Waals surface area contributed by atoms with Gasteiger partial charge in [-0.25, -0.2) is 13.1 Å². The molecule has 0 spiro atoms. The quantitative estimate of drug-likeness (QED) is 0.484. The lowest BCUT2D eigenvalue weighted by Gasteiger charge is -2.07. The molecule has 0 aliphatic heterocycles. The van der Waals surface area contributed by atoms with Gasteiger partial charge in [0, 0.05) is 24.6 Å². The van der Waals surface area contributed by atoms with E-state index in [2.05, 4.69) is 10.0 Å².